The molecule has 0 amide bonds. The fraction of sp³-hybridized carbons (Fsp3) is 0.294. The van der Waals surface area contributed by atoms with Crippen LogP contribution in [0.2, 0.25) is 0 Å². The van der Waals surface area contributed by atoms with Crippen LogP contribution in [0.3, 0.4) is 0 Å². The maximum Gasteiger partial charge on any atom is 0.119 e. The lowest BCUT2D eigenvalue weighted by Crippen LogP contribution is -2.36. The summed E-state index contributed by atoms with van der Waals surface area (Å²) in [7, 11) is 1.66. The predicted octanol–water partition coefficient (Wildman–Crippen LogP) is 2.94. The van der Waals surface area contributed by atoms with Crippen LogP contribution in [0.4, 0.5) is 5.69 Å². The van der Waals surface area contributed by atoms with E-state index in [4.69, 9.17) is 4.74 Å². The van der Waals surface area contributed by atoms with Crippen LogP contribution < -0.4 is 10.1 Å². The van der Waals surface area contributed by atoms with Crippen LogP contribution >= 0.6 is 0 Å². The number of nitrogens with one attached hydrogen (secondary N) is 1. The van der Waals surface area contributed by atoms with Gasteiger partial charge in [0.25, 0.3) is 0 Å². The van der Waals surface area contributed by atoms with Gasteiger partial charge in [0, 0.05) is 5.69 Å². The smallest absolute Gasteiger partial charge is 0.119 e. The van der Waals surface area contributed by atoms with Crippen molar-refractivity contribution in [2.45, 2.75) is 18.4 Å². The van der Waals surface area contributed by atoms with Crippen molar-refractivity contribution in [1.29, 1.82) is 0 Å². The molecule has 2 N–H and O–H groups in total. The van der Waals surface area contributed by atoms with Crippen molar-refractivity contribution in [2.75, 3.05) is 19.0 Å². The second-order valence-corrected chi connectivity index (χ2v) is 5.25. The van der Waals surface area contributed by atoms with Gasteiger partial charge >= 0.3 is 0 Å². The van der Waals surface area contributed by atoms with E-state index in [9.17, 15) is 5.11 Å². The second kappa shape index (κ2) is 5.17. The minimum Gasteiger partial charge on any atom is -0.497 e. The fourth-order valence-corrected chi connectivity index (χ4v) is 2.97. The molecule has 20 heavy (non-hydrogen) atoms. The maximum atomic E-state index is 9.94. The molecule has 0 aliphatic heterocycles. The molecule has 2 aromatic carbocycles. The van der Waals surface area contributed by atoms with Gasteiger partial charge in [-0.15, -0.1) is 0 Å². The van der Waals surface area contributed by atoms with Crippen molar-refractivity contribution < 1.29 is 9.84 Å². The van der Waals surface area contributed by atoms with Crippen molar-refractivity contribution in [3.63, 3.8) is 0 Å². The van der Waals surface area contributed by atoms with Crippen molar-refractivity contribution in [3.05, 3.63) is 59.7 Å². The summed E-state index contributed by atoms with van der Waals surface area (Å²) in [5, 5.41) is 13.4. The van der Waals surface area contributed by atoms with E-state index in [0.717, 1.165) is 24.3 Å². The van der Waals surface area contributed by atoms with E-state index in [0.29, 0.717) is 0 Å². The number of benzene rings is 2. The van der Waals surface area contributed by atoms with E-state index in [-0.39, 0.29) is 12.1 Å². The minimum atomic E-state index is -0.370. The van der Waals surface area contributed by atoms with E-state index >= 15 is 0 Å². The average Bonchev–Trinajstić information content (AvgIpc) is 2.88. The Labute approximate surface area is 119 Å². The van der Waals surface area contributed by atoms with Crippen molar-refractivity contribution >= 4 is 5.69 Å². The molecule has 0 aromatic heterocycles. The van der Waals surface area contributed by atoms with Gasteiger partial charge in [0.15, 0.2) is 0 Å². The number of methoxy groups -OCH3 is 1. The minimum absolute atomic E-state index is 0.0933. The summed E-state index contributed by atoms with van der Waals surface area (Å²) in [6, 6.07) is 16.2. The van der Waals surface area contributed by atoms with Crippen molar-refractivity contribution in [3.8, 4) is 5.75 Å². The summed E-state index contributed by atoms with van der Waals surface area (Å²) in [6.45, 7) is 0.0933. The van der Waals surface area contributed by atoms with Crippen molar-refractivity contribution in [1.82, 2.24) is 0 Å². The monoisotopic (exact) mass is 269 g/mol. The van der Waals surface area contributed by atoms with Crippen molar-refractivity contribution in [2.24, 2.45) is 0 Å². The standard InChI is InChI=1S/C17H19NO2/c1-20-15-8-6-14(7-9-15)18-17(12-19)11-10-13-4-2-3-5-16(13)17/h2-9,18-19H,10-12H2,1H3. The zero-order chi connectivity index (χ0) is 14.0. The highest BCUT2D eigenvalue weighted by Gasteiger charge is 2.37. The van der Waals surface area contributed by atoms with Gasteiger partial charge in [0.2, 0.25) is 0 Å². The van der Waals surface area contributed by atoms with E-state index in [1.807, 2.05) is 30.3 Å². The van der Waals surface area contributed by atoms with Gasteiger partial charge in [0.1, 0.15) is 5.75 Å². The molecular formula is C17H19NO2. The molecule has 0 saturated heterocycles. The first-order valence-corrected chi connectivity index (χ1v) is 6.89. The second-order valence-electron chi connectivity index (χ2n) is 5.25. The molecule has 1 aliphatic rings. The Morgan fingerprint density at radius 2 is 1.90 bits per heavy atom. The van der Waals surface area contributed by atoms with Crippen LogP contribution in [0.25, 0.3) is 0 Å². The van der Waals surface area contributed by atoms with E-state index < -0.39 is 0 Å². The third kappa shape index (κ3) is 2.14. The zero-order valence-corrected chi connectivity index (χ0v) is 11.6. The Morgan fingerprint density at radius 1 is 1.15 bits per heavy atom. The van der Waals surface area contributed by atoms with E-state index in [1.165, 1.54) is 11.1 Å². The van der Waals surface area contributed by atoms with Gasteiger partial charge in [0.05, 0.1) is 19.3 Å². The Balaban J connectivity index is 1.91. The zero-order valence-electron chi connectivity index (χ0n) is 11.6. The molecule has 3 rings (SSSR count). The summed E-state index contributed by atoms with van der Waals surface area (Å²) in [5.41, 5.74) is 3.16. The molecule has 2 aromatic rings. The lowest BCUT2D eigenvalue weighted by Gasteiger charge is -2.31. The summed E-state index contributed by atoms with van der Waals surface area (Å²) < 4.78 is 5.17. The predicted molar refractivity (Wildman–Crippen MR) is 80.1 cm³/mol. The van der Waals surface area contributed by atoms with Crippen LogP contribution in [0.5, 0.6) is 5.75 Å². The first-order valence-electron chi connectivity index (χ1n) is 6.89. The molecule has 0 saturated carbocycles. The molecule has 1 atom stereocenters. The summed E-state index contributed by atoms with van der Waals surface area (Å²) in [6.07, 6.45) is 1.91. The number of aliphatic hydroxyl groups excluding tert-OH is 1. The molecule has 0 fully saturated rings. The normalized spacial score (nSPS) is 20.5. The van der Waals surface area contributed by atoms with Crippen LogP contribution in [-0.2, 0) is 12.0 Å². The topological polar surface area (TPSA) is 41.5 Å². The fourth-order valence-electron chi connectivity index (χ4n) is 2.97. The van der Waals surface area contributed by atoms with Gasteiger partial charge in [-0.1, -0.05) is 24.3 Å². The largest absolute Gasteiger partial charge is 0.497 e. The third-order valence-electron chi connectivity index (χ3n) is 4.10. The first-order chi connectivity index (χ1) is 9.77. The van der Waals surface area contributed by atoms with Crippen LogP contribution in [-0.4, -0.2) is 18.8 Å². The highest BCUT2D eigenvalue weighted by Crippen LogP contribution is 2.39. The van der Waals surface area contributed by atoms with Gasteiger partial charge in [-0.05, 0) is 48.2 Å². The summed E-state index contributed by atoms with van der Waals surface area (Å²) >= 11 is 0. The van der Waals surface area contributed by atoms with Crippen LogP contribution in [0.15, 0.2) is 48.5 Å². The number of hydrogen-bond donors (Lipinski definition) is 2. The van der Waals surface area contributed by atoms with Gasteiger partial charge < -0.3 is 15.2 Å². The molecular weight excluding hydrogens is 250 g/mol. The van der Waals surface area contributed by atoms with E-state index in [1.54, 1.807) is 7.11 Å². The number of fused-ring (bicyclic) bond motifs is 1. The molecule has 1 aliphatic carbocycles. The molecule has 0 spiro atoms. The Kier molecular flexibility index (Phi) is 3.36. The number of ether oxygens (including phenoxy) is 1. The molecule has 104 valence electrons. The van der Waals surface area contributed by atoms with Gasteiger partial charge in [-0.2, -0.15) is 0 Å². The van der Waals surface area contributed by atoms with Gasteiger partial charge in [-0.25, -0.2) is 0 Å². The molecule has 3 heteroatoms. The summed E-state index contributed by atoms with van der Waals surface area (Å²) in [5.74, 6) is 0.834. The number of hydrogen-bond acceptors (Lipinski definition) is 3. The number of anilines is 1. The molecule has 1 unspecified atom stereocenters. The molecule has 3 nitrogen and oxygen atoms in total. The Bertz CT molecular complexity index is 594. The number of aryl methyl sites for hydroxylation is 1. The molecule has 0 bridgehead atoms. The van der Waals surface area contributed by atoms with Crippen LogP contribution in [0.1, 0.15) is 17.5 Å². The summed E-state index contributed by atoms with van der Waals surface area (Å²) in [4.78, 5) is 0. The molecule has 0 radical (unpaired) electrons. The van der Waals surface area contributed by atoms with E-state index in [2.05, 4.69) is 23.5 Å². The van der Waals surface area contributed by atoms with Crippen LogP contribution in [0, 0.1) is 0 Å². The first kappa shape index (κ1) is 13.0. The maximum absolute atomic E-state index is 9.94. The molecule has 0 heterocycles. The highest BCUT2D eigenvalue weighted by molar-refractivity contribution is 5.53. The number of aliphatic hydroxyl groups is 1. The Morgan fingerprint density at radius 3 is 2.60 bits per heavy atom. The number of rotatable bonds is 4. The van der Waals surface area contributed by atoms with Gasteiger partial charge in [-0.3, -0.25) is 0 Å². The Hall–Kier alpha value is -2.00. The third-order valence-corrected chi connectivity index (χ3v) is 4.10. The highest BCUT2D eigenvalue weighted by atomic mass is 16.5. The average molecular weight is 269 g/mol. The lowest BCUT2D eigenvalue weighted by atomic mass is 9.92. The lowest BCUT2D eigenvalue weighted by molar-refractivity contribution is 0.212. The quantitative estimate of drug-likeness (QED) is 0.896. The SMILES string of the molecule is COc1ccc(NC2(CO)CCc3ccccc32)cc1.